The van der Waals surface area contributed by atoms with Gasteiger partial charge in [0, 0.05) is 23.0 Å². The van der Waals surface area contributed by atoms with Gasteiger partial charge in [0.2, 0.25) is 0 Å². The van der Waals surface area contributed by atoms with Crippen LogP contribution in [0.3, 0.4) is 0 Å². The molecule has 0 amide bonds. The fourth-order valence-electron chi connectivity index (χ4n) is 3.11. The summed E-state index contributed by atoms with van der Waals surface area (Å²) < 4.78 is 28.0. The predicted molar refractivity (Wildman–Crippen MR) is 121 cm³/mol. The Morgan fingerprint density at radius 2 is 1.74 bits per heavy atom. The molecule has 3 N–H and O–H groups in total. The van der Waals surface area contributed by atoms with Crippen molar-refractivity contribution in [2.24, 2.45) is 5.10 Å². The Bertz CT molecular complexity index is 1280. The lowest BCUT2D eigenvalue weighted by molar-refractivity contribution is -0.384. The number of nitro groups is 1. The van der Waals surface area contributed by atoms with Gasteiger partial charge in [-0.1, -0.05) is 17.7 Å². The lowest BCUT2D eigenvalue weighted by Crippen LogP contribution is -2.14. The number of benzene rings is 2. The molecule has 0 aliphatic heterocycles. The van der Waals surface area contributed by atoms with E-state index in [2.05, 4.69) is 20.2 Å². The summed E-state index contributed by atoms with van der Waals surface area (Å²) in [6.45, 7) is 7.49. The van der Waals surface area contributed by atoms with Crippen molar-refractivity contribution in [3.05, 3.63) is 80.7 Å². The van der Waals surface area contributed by atoms with Crippen molar-refractivity contribution in [1.29, 1.82) is 0 Å². The summed E-state index contributed by atoms with van der Waals surface area (Å²) in [5.74, 6) is 0. The van der Waals surface area contributed by atoms with Crippen molar-refractivity contribution >= 4 is 33.3 Å². The van der Waals surface area contributed by atoms with Gasteiger partial charge in [0.1, 0.15) is 5.69 Å². The summed E-state index contributed by atoms with van der Waals surface area (Å²) in [5, 5.41) is 15.6. The van der Waals surface area contributed by atoms with Crippen LogP contribution in [0.5, 0.6) is 0 Å². The summed E-state index contributed by atoms with van der Waals surface area (Å²) in [6.07, 6.45) is 1.54. The number of sulfonamides is 1. The molecule has 2 aromatic carbocycles. The monoisotopic (exact) mass is 441 g/mol. The molecule has 1 aromatic heterocycles. The Balaban J connectivity index is 1.87. The minimum Gasteiger partial charge on any atom is -0.362 e. The van der Waals surface area contributed by atoms with Gasteiger partial charge in [0.15, 0.2) is 0 Å². The van der Waals surface area contributed by atoms with E-state index < -0.39 is 20.6 Å². The average molecular weight is 442 g/mol. The molecule has 0 aliphatic carbocycles. The number of aryl methyl sites for hydroxylation is 4. The van der Waals surface area contributed by atoms with Gasteiger partial charge in [-0.05, 0) is 57.5 Å². The zero-order valence-electron chi connectivity index (χ0n) is 17.6. The Labute approximate surface area is 180 Å². The highest BCUT2D eigenvalue weighted by Crippen LogP contribution is 2.29. The van der Waals surface area contributed by atoms with Gasteiger partial charge >= 0.3 is 0 Å². The first kappa shape index (κ1) is 22.0. The highest BCUT2D eigenvalue weighted by Gasteiger charge is 2.22. The number of anilines is 2. The van der Waals surface area contributed by atoms with Crippen LogP contribution < -0.4 is 10.1 Å². The third-order valence-corrected chi connectivity index (χ3v) is 6.04. The lowest BCUT2D eigenvalue weighted by Gasteiger charge is -2.12. The van der Waals surface area contributed by atoms with E-state index in [0.29, 0.717) is 5.69 Å². The number of aromatic amines is 1. The van der Waals surface area contributed by atoms with Crippen LogP contribution in [0.1, 0.15) is 28.1 Å². The average Bonchev–Trinajstić information content (AvgIpc) is 3.01. The normalized spacial score (nSPS) is 11.6. The molecule has 0 saturated heterocycles. The van der Waals surface area contributed by atoms with Crippen LogP contribution in [-0.2, 0) is 10.0 Å². The number of rotatable bonds is 7. The zero-order valence-corrected chi connectivity index (χ0v) is 18.4. The number of aromatic nitrogens is 1. The molecule has 3 rings (SSSR count). The Morgan fingerprint density at radius 3 is 2.35 bits per heavy atom. The molecule has 0 fully saturated rings. The maximum Gasteiger partial charge on any atom is 0.295 e. The summed E-state index contributed by atoms with van der Waals surface area (Å²) in [4.78, 5) is 13.8. The van der Waals surface area contributed by atoms with Crippen molar-refractivity contribution < 1.29 is 13.3 Å². The Hall–Kier alpha value is -3.66. The second-order valence-corrected chi connectivity index (χ2v) is 8.95. The first-order valence-corrected chi connectivity index (χ1v) is 10.9. The van der Waals surface area contributed by atoms with E-state index in [1.807, 2.05) is 32.9 Å². The number of hydrogen-bond donors (Lipinski definition) is 3. The number of nitrogens with one attached hydrogen (secondary N) is 3. The molecule has 3 aromatic rings. The quantitative estimate of drug-likeness (QED) is 0.284. The topological polar surface area (TPSA) is 129 Å². The fraction of sp³-hybridized carbons (Fsp3) is 0.190. The molecule has 0 bridgehead atoms. The van der Waals surface area contributed by atoms with Gasteiger partial charge in [0.25, 0.3) is 15.7 Å². The summed E-state index contributed by atoms with van der Waals surface area (Å²) >= 11 is 0. The van der Waals surface area contributed by atoms with Crippen molar-refractivity contribution in [2.45, 2.75) is 32.6 Å². The van der Waals surface area contributed by atoms with Gasteiger partial charge in [-0.3, -0.25) is 20.3 Å². The second kappa shape index (κ2) is 8.60. The minimum atomic E-state index is -4.01. The summed E-state index contributed by atoms with van der Waals surface area (Å²) in [5.41, 5.74) is 7.18. The molecule has 0 spiro atoms. The number of hydrogen-bond acceptors (Lipinski definition) is 6. The van der Waals surface area contributed by atoms with Gasteiger partial charge in [0.05, 0.1) is 21.7 Å². The van der Waals surface area contributed by atoms with E-state index in [9.17, 15) is 18.5 Å². The summed E-state index contributed by atoms with van der Waals surface area (Å²) in [6, 6.07) is 10.8. The second-order valence-electron chi connectivity index (χ2n) is 7.26. The SMILES string of the molecule is Cc1ccc(NS(=O)(=O)c2ccc(N/N=C/c3cc(C)[nH]c3C)c([N+](=O)[O-])c2)c(C)c1. The van der Waals surface area contributed by atoms with Gasteiger partial charge in [-0.25, -0.2) is 8.42 Å². The van der Waals surface area contributed by atoms with Gasteiger partial charge in [-0.15, -0.1) is 0 Å². The van der Waals surface area contributed by atoms with Gasteiger partial charge in [-0.2, -0.15) is 5.10 Å². The molecule has 10 heteroatoms. The molecule has 0 saturated carbocycles. The van der Waals surface area contributed by atoms with E-state index in [-0.39, 0.29) is 10.6 Å². The first-order chi connectivity index (χ1) is 14.6. The molecular weight excluding hydrogens is 418 g/mol. The van der Waals surface area contributed by atoms with E-state index in [4.69, 9.17) is 0 Å². The molecule has 9 nitrogen and oxygen atoms in total. The smallest absolute Gasteiger partial charge is 0.295 e. The van der Waals surface area contributed by atoms with E-state index in [1.54, 1.807) is 19.1 Å². The van der Waals surface area contributed by atoms with Crippen molar-refractivity contribution in [2.75, 3.05) is 10.1 Å². The zero-order chi connectivity index (χ0) is 22.8. The van der Waals surface area contributed by atoms with Crippen LogP contribution in [0.15, 0.2) is 52.5 Å². The largest absolute Gasteiger partial charge is 0.362 e. The standard InChI is InChI=1S/C21H23N5O4S/c1-13-5-7-19(14(2)9-13)25-31(29,30)18-6-8-20(21(11-18)26(27)28)24-22-12-17-10-15(3)23-16(17)4/h5-12,23-25H,1-4H3/b22-12+. The number of hydrazone groups is 1. The molecule has 1 heterocycles. The van der Waals surface area contributed by atoms with Crippen LogP contribution in [0.2, 0.25) is 0 Å². The molecule has 162 valence electrons. The lowest BCUT2D eigenvalue weighted by atomic mass is 10.1. The highest BCUT2D eigenvalue weighted by atomic mass is 32.2. The van der Waals surface area contributed by atoms with Crippen molar-refractivity contribution in [1.82, 2.24) is 4.98 Å². The van der Waals surface area contributed by atoms with Crippen LogP contribution >= 0.6 is 0 Å². The van der Waals surface area contributed by atoms with Gasteiger partial charge < -0.3 is 4.98 Å². The molecular formula is C21H23N5O4S. The van der Waals surface area contributed by atoms with E-state index in [1.165, 1.54) is 18.3 Å². The van der Waals surface area contributed by atoms with Crippen LogP contribution in [0, 0.1) is 37.8 Å². The maximum atomic E-state index is 12.8. The van der Waals surface area contributed by atoms with Crippen molar-refractivity contribution in [3.63, 3.8) is 0 Å². The number of nitrogens with zero attached hydrogens (tertiary/aromatic N) is 2. The fourth-order valence-corrected chi connectivity index (χ4v) is 4.26. The summed E-state index contributed by atoms with van der Waals surface area (Å²) in [7, 11) is -4.01. The van der Waals surface area contributed by atoms with Crippen LogP contribution in [0.25, 0.3) is 0 Å². The molecule has 0 radical (unpaired) electrons. The molecule has 0 unspecified atom stereocenters. The highest BCUT2D eigenvalue weighted by molar-refractivity contribution is 7.92. The van der Waals surface area contributed by atoms with Crippen LogP contribution in [0.4, 0.5) is 17.1 Å². The molecule has 0 aliphatic rings. The number of nitro benzene ring substituents is 1. The Morgan fingerprint density at radius 1 is 1.03 bits per heavy atom. The third-order valence-electron chi connectivity index (χ3n) is 4.68. The van der Waals surface area contributed by atoms with E-state index >= 15 is 0 Å². The first-order valence-electron chi connectivity index (χ1n) is 9.40. The van der Waals surface area contributed by atoms with E-state index in [0.717, 1.165) is 34.1 Å². The minimum absolute atomic E-state index is 0.0802. The number of H-pyrrole nitrogens is 1. The Kier molecular flexibility index (Phi) is 6.11. The predicted octanol–water partition coefficient (Wildman–Crippen LogP) is 4.40. The van der Waals surface area contributed by atoms with Crippen molar-refractivity contribution in [3.8, 4) is 0 Å². The van der Waals surface area contributed by atoms with Crippen LogP contribution in [-0.4, -0.2) is 24.5 Å². The molecule has 0 atom stereocenters. The molecule has 31 heavy (non-hydrogen) atoms. The maximum absolute atomic E-state index is 12.8. The third kappa shape index (κ3) is 5.10.